The van der Waals surface area contributed by atoms with Crippen molar-refractivity contribution in [3.8, 4) is 0 Å². The summed E-state index contributed by atoms with van der Waals surface area (Å²) < 4.78 is 11.7. The highest BCUT2D eigenvalue weighted by Gasteiger charge is 2.45. The lowest BCUT2D eigenvalue weighted by atomic mass is 9.98. The summed E-state index contributed by atoms with van der Waals surface area (Å²) in [5, 5.41) is 23.5. The molecular formula is C16H23N3O4S. The van der Waals surface area contributed by atoms with E-state index in [9.17, 15) is 10.2 Å². The molecule has 1 heterocycles. The monoisotopic (exact) mass is 353 g/mol. The maximum absolute atomic E-state index is 10.3. The average molecular weight is 353 g/mol. The van der Waals surface area contributed by atoms with Crippen LogP contribution in [0.5, 0.6) is 0 Å². The first kappa shape index (κ1) is 19.1. The maximum atomic E-state index is 10.3. The van der Waals surface area contributed by atoms with E-state index in [1.54, 1.807) is 0 Å². The largest absolute Gasteiger partial charge is 0.394 e. The fourth-order valence-electron chi connectivity index (χ4n) is 2.52. The van der Waals surface area contributed by atoms with Crippen LogP contribution in [0.4, 0.5) is 0 Å². The zero-order valence-corrected chi connectivity index (χ0v) is 14.4. The Hall–Kier alpha value is -1.28. The summed E-state index contributed by atoms with van der Waals surface area (Å²) in [5.41, 5.74) is 8.36. The van der Waals surface area contributed by atoms with Crippen molar-refractivity contribution in [3.05, 3.63) is 40.8 Å². The Morgan fingerprint density at radius 3 is 2.75 bits per heavy atom. The molecule has 132 valence electrons. The average Bonchev–Trinajstić information content (AvgIpc) is 2.60. The van der Waals surface area contributed by atoms with Crippen molar-refractivity contribution in [3.63, 3.8) is 0 Å². The quantitative estimate of drug-likeness (QED) is 0.323. The van der Waals surface area contributed by atoms with Gasteiger partial charge in [0.15, 0.2) is 0 Å². The molecule has 0 saturated carbocycles. The smallest absolute Gasteiger partial charge is 0.134 e. The minimum Gasteiger partial charge on any atom is -0.394 e. The molecule has 5 unspecified atom stereocenters. The van der Waals surface area contributed by atoms with E-state index in [0.29, 0.717) is 6.61 Å². The SMILES string of the molecule is CCCCOC1C(Sc2ccccc2)OC(CO)C(O)C1N=[N+]=[N-]. The normalized spacial score (nSPS) is 29.9. The van der Waals surface area contributed by atoms with Gasteiger partial charge in [0, 0.05) is 16.4 Å². The van der Waals surface area contributed by atoms with Gasteiger partial charge in [-0.2, -0.15) is 0 Å². The maximum Gasteiger partial charge on any atom is 0.134 e. The molecule has 1 fully saturated rings. The Balaban J connectivity index is 2.21. The molecule has 1 aromatic carbocycles. The molecule has 0 radical (unpaired) electrons. The number of aliphatic hydroxyl groups is 2. The van der Waals surface area contributed by atoms with Crippen molar-refractivity contribution >= 4 is 11.8 Å². The van der Waals surface area contributed by atoms with Crippen molar-refractivity contribution in [1.82, 2.24) is 0 Å². The van der Waals surface area contributed by atoms with Gasteiger partial charge < -0.3 is 19.7 Å². The van der Waals surface area contributed by atoms with Gasteiger partial charge in [-0.3, -0.25) is 0 Å². The van der Waals surface area contributed by atoms with Gasteiger partial charge in [0.1, 0.15) is 17.6 Å². The fourth-order valence-corrected chi connectivity index (χ4v) is 3.67. The van der Waals surface area contributed by atoms with E-state index >= 15 is 0 Å². The molecule has 0 amide bonds. The Kier molecular flexibility index (Phi) is 7.84. The van der Waals surface area contributed by atoms with Gasteiger partial charge in [0.05, 0.1) is 18.8 Å². The Bertz CT molecular complexity index is 541. The molecule has 7 nitrogen and oxygen atoms in total. The van der Waals surface area contributed by atoms with E-state index in [4.69, 9.17) is 15.0 Å². The molecule has 2 N–H and O–H groups in total. The number of azide groups is 1. The number of hydrogen-bond donors (Lipinski definition) is 2. The highest BCUT2D eigenvalue weighted by molar-refractivity contribution is 7.99. The van der Waals surface area contributed by atoms with Gasteiger partial charge >= 0.3 is 0 Å². The van der Waals surface area contributed by atoms with Gasteiger partial charge in [-0.25, -0.2) is 0 Å². The number of benzene rings is 1. The lowest BCUT2D eigenvalue weighted by molar-refractivity contribution is -0.174. The number of unbranched alkanes of at least 4 members (excludes halogenated alkanes) is 1. The highest BCUT2D eigenvalue weighted by Crippen LogP contribution is 2.36. The number of rotatable bonds is 8. The summed E-state index contributed by atoms with van der Waals surface area (Å²) >= 11 is 1.43. The van der Waals surface area contributed by atoms with Crippen LogP contribution in [-0.2, 0) is 9.47 Å². The summed E-state index contributed by atoms with van der Waals surface area (Å²) in [6, 6.07) is 8.84. The molecule has 0 aliphatic carbocycles. The van der Waals surface area contributed by atoms with E-state index in [-0.39, 0.29) is 6.61 Å². The minimum absolute atomic E-state index is 0.355. The third-order valence-electron chi connectivity index (χ3n) is 3.81. The Labute approximate surface area is 145 Å². The molecule has 1 aliphatic heterocycles. The van der Waals surface area contributed by atoms with Crippen molar-refractivity contribution in [2.24, 2.45) is 5.11 Å². The van der Waals surface area contributed by atoms with Crippen LogP contribution in [0.3, 0.4) is 0 Å². The molecular weight excluding hydrogens is 330 g/mol. The molecule has 1 aromatic rings. The summed E-state index contributed by atoms with van der Waals surface area (Å²) in [6.07, 6.45) is -0.673. The van der Waals surface area contributed by atoms with Crippen LogP contribution >= 0.6 is 11.8 Å². The topological polar surface area (TPSA) is 108 Å². The molecule has 2 rings (SSSR count). The van der Waals surface area contributed by atoms with Crippen molar-refractivity contribution in [2.45, 2.75) is 54.5 Å². The van der Waals surface area contributed by atoms with Crippen LogP contribution in [0.25, 0.3) is 10.4 Å². The molecule has 0 aromatic heterocycles. The number of hydrogen-bond acceptors (Lipinski definition) is 6. The Morgan fingerprint density at radius 2 is 2.12 bits per heavy atom. The van der Waals surface area contributed by atoms with Gasteiger partial charge in [0.25, 0.3) is 0 Å². The predicted molar refractivity (Wildman–Crippen MR) is 91.6 cm³/mol. The molecule has 0 bridgehead atoms. The molecule has 0 spiro atoms. The second kappa shape index (κ2) is 9.88. The number of aliphatic hydroxyl groups excluding tert-OH is 2. The second-order valence-corrected chi connectivity index (χ2v) is 6.70. The molecule has 1 aliphatic rings. The van der Waals surface area contributed by atoms with Crippen LogP contribution in [0, 0.1) is 0 Å². The van der Waals surface area contributed by atoms with Gasteiger partial charge in [-0.15, -0.1) is 0 Å². The summed E-state index contributed by atoms with van der Waals surface area (Å²) in [6.45, 7) is 2.19. The summed E-state index contributed by atoms with van der Waals surface area (Å²) in [4.78, 5) is 3.81. The van der Waals surface area contributed by atoms with E-state index in [1.165, 1.54) is 11.8 Å². The first-order valence-electron chi connectivity index (χ1n) is 8.03. The third-order valence-corrected chi connectivity index (χ3v) is 4.97. The van der Waals surface area contributed by atoms with Gasteiger partial charge in [0.2, 0.25) is 0 Å². The zero-order valence-electron chi connectivity index (χ0n) is 13.6. The van der Waals surface area contributed by atoms with Crippen molar-refractivity contribution in [1.29, 1.82) is 0 Å². The van der Waals surface area contributed by atoms with E-state index in [1.807, 2.05) is 30.3 Å². The van der Waals surface area contributed by atoms with E-state index < -0.39 is 29.8 Å². The van der Waals surface area contributed by atoms with Crippen LogP contribution in [-0.4, -0.2) is 53.2 Å². The van der Waals surface area contributed by atoms with Gasteiger partial charge in [-0.1, -0.05) is 48.4 Å². The highest BCUT2D eigenvalue weighted by atomic mass is 32.2. The molecule has 24 heavy (non-hydrogen) atoms. The van der Waals surface area contributed by atoms with Crippen LogP contribution in [0.1, 0.15) is 19.8 Å². The number of thioether (sulfide) groups is 1. The zero-order chi connectivity index (χ0) is 17.4. The molecule has 1 saturated heterocycles. The van der Waals surface area contributed by atoms with E-state index in [0.717, 1.165) is 17.7 Å². The predicted octanol–water partition coefficient (Wildman–Crippen LogP) is 2.72. The molecule has 8 heteroatoms. The fraction of sp³-hybridized carbons (Fsp3) is 0.625. The first-order chi connectivity index (χ1) is 11.7. The lowest BCUT2D eigenvalue weighted by Gasteiger charge is -2.42. The van der Waals surface area contributed by atoms with Crippen LogP contribution < -0.4 is 0 Å². The summed E-state index contributed by atoms with van der Waals surface area (Å²) in [5.74, 6) is 0. The van der Waals surface area contributed by atoms with Gasteiger partial charge in [-0.05, 0) is 24.1 Å². The van der Waals surface area contributed by atoms with Crippen LogP contribution in [0.15, 0.2) is 40.3 Å². The van der Waals surface area contributed by atoms with Crippen molar-refractivity contribution < 1.29 is 19.7 Å². The summed E-state index contributed by atoms with van der Waals surface area (Å²) in [7, 11) is 0. The number of nitrogens with zero attached hydrogens (tertiary/aromatic N) is 3. The second-order valence-electron chi connectivity index (χ2n) is 5.53. The number of ether oxygens (including phenoxy) is 2. The lowest BCUT2D eigenvalue weighted by Crippen LogP contribution is -2.57. The van der Waals surface area contributed by atoms with E-state index in [2.05, 4.69) is 16.9 Å². The first-order valence-corrected chi connectivity index (χ1v) is 8.91. The Morgan fingerprint density at radius 1 is 1.38 bits per heavy atom. The minimum atomic E-state index is -1.11. The standard InChI is InChI=1S/C16H23N3O4S/c1-2-3-9-22-15-13(18-19-17)14(21)12(10-20)23-16(15)24-11-7-5-4-6-8-11/h4-8,12-16,20-21H,2-3,9-10H2,1H3. The third kappa shape index (κ3) is 4.86. The molecule has 5 atom stereocenters. The van der Waals surface area contributed by atoms with Crippen molar-refractivity contribution in [2.75, 3.05) is 13.2 Å². The van der Waals surface area contributed by atoms with Crippen LogP contribution in [0.2, 0.25) is 0 Å².